The fraction of sp³-hybridized carbons (Fsp3) is 0.400. The summed E-state index contributed by atoms with van der Waals surface area (Å²) in [5.41, 5.74) is 0.399. The second-order valence-corrected chi connectivity index (χ2v) is 4.53. The van der Waals surface area contributed by atoms with E-state index < -0.39 is 6.61 Å². The molecule has 0 fully saturated rings. The van der Waals surface area contributed by atoms with Crippen molar-refractivity contribution in [3.05, 3.63) is 35.9 Å². The molecule has 1 amide bonds. The van der Waals surface area contributed by atoms with Gasteiger partial charge in [0.1, 0.15) is 5.75 Å². The number of para-hydroxylation sites is 1. The Morgan fingerprint density at radius 3 is 2.81 bits per heavy atom. The zero-order valence-electron chi connectivity index (χ0n) is 11.8. The van der Waals surface area contributed by atoms with Crippen molar-refractivity contribution in [3.63, 3.8) is 0 Å². The molecule has 0 heterocycles. The lowest BCUT2D eigenvalue weighted by atomic mass is 10.1. The first kappa shape index (κ1) is 17.1. The number of hydrogen-bond acceptors (Lipinski definition) is 3. The van der Waals surface area contributed by atoms with Crippen molar-refractivity contribution in [3.8, 4) is 5.75 Å². The summed E-state index contributed by atoms with van der Waals surface area (Å²) in [4.78, 5) is 11.7. The van der Waals surface area contributed by atoms with Crippen molar-refractivity contribution >= 4 is 12.0 Å². The highest BCUT2D eigenvalue weighted by atomic mass is 19.3. The van der Waals surface area contributed by atoms with Crippen LogP contribution in [0, 0.1) is 0 Å². The van der Waals surface area contributed by atoms with E-state index in [9.17, 15) is 13.6 Å². The van der Waals surface area contributed by atoms with Crippen molar-refractivity contribution in [1.29, 1.82) is 0 Å². The molecule has 0 bridgehead atoms. The van der Waals surface area contributed by atoms with Crippen LogP contribution in [0.1, 0.15) is 25.3 Å². The topological polar surface area (TPSA) is 58.6 Å². The van der Waals surface area contributed by atoms with Crippen LogP contribution in [-0.4, -0.2) is 30.3 Å². The third-order valence-corrected chi connectivity index (χ3v) is 2.73. The molecular weight excluding hydrogens is 280 g/mol. The van der Waals surface area contributed by atoms with Crippen LogP contribution in [0.25, 0.3) is 6.08 Å². The molecule has 1 aromatic carbocycles. The second-order valence-electron chi connectivity index (χ2n) is 4.53. The molecule has 1 aromatic rings. The molecule has 0 aliphatic rings. The molecule has 116 valence electrons. The summed E-state index contributed by atoms with van der Waals surface area (Å²) in [5.74, 6) is -0.308. The molecule has 0 spiro atoms. The highest BCUT2D eigenvalue weighted by Crippen LogP contribution is 2.21. The molecule has 4 nitrogen and oxygen atoms in total. The lowest BCUT2D eigenvalue weighted by molar-refractivity contribution is -0.117. The Labute approximate surface area is 122 Å². The zero-order chi connectivity index (χ0) is 15.7. The Kier molecular flexibility index (Phi) is 7.39. The number of carbonyl (C=O) groups excluding carboxylic acids is 1. The number of hydrogen-bond donors (Lipinski definition) is 2. The number of halogens is 2. The molecule has 0 saturated heterocycles. The van der Waals surface area contributed by atoms with Gasteiger partial charge in [0.15, 0.2) is 0 Å². The fourth-order valence-corrected chi connectivity index (χ4v) is 1.75. The van der Waals surface area contributed by atoms with Gasteiger partial charge in [-0.1, -0.05) is 18.2 Å². The molecule has 6 heteroatoms. The van der Waals surface area contributed by atoms with Crippen LogP contribution in [0.4, 0.5) is 8.78 Å². The Morgan fingerprint density at radius 2 is 2.14 bits per heavy atom. The third-order valence-electron chi connectivity index (χ3n) is 2.73. The standard InChI is InChI=1S/C15H19F2NO3/c1-11(5-4-10-19)18-14(20)9-8-12-6-2-3-7-13(12)21-15(16)17/h2-3,6-9,11,15,19H,4-5,10H2,1H3,(H,18,20)/b9-8+. The molecule has 21 heavy (non-hydrogen) atoms. The molecule has 1 unspecified atom stereocenters. The van der Waals surface area contributed by atoms with Gasteiger partial charge in [0.05, 0.1) is 0 Å². The van der Waals surface area contributed by atoms with E-state index in [0.29, 0.717) is 18.4 Å². The second kappa shape index (κ2) is 9.07. The van der Waals surface area contributed by atoms with Gasteiger partial charge in [-0.05, 0) is 31.9 Å². The van der Waals surface area contributed by atoms with E-state index in [4.69, 9.17) is 5.11 Å². The fourth-order valence-electron chi connectivity index (χ4n) is 1.75. The van der Waals surface area contributed by atoms with E-state index in [1.807, 2.05) is 6.92 Å². The summed E-state index contributed by atoms with van der Waals surface area (Å²) in [5, 5.41) is 11.4. The monoisotopic (exact) mass is 299 g/mol. The van der Waals surface area contributed by atoms with Crippen molar-refractivity contribution in [1.82, 2.24) is 5.32 Å². The van der Waals surface area contributed by atoms with Gasteiger partial charge in [-0.15, -0.1) is 0 Å². The van der Waals surface area contributed by atoms with Crippen LogP contribution in [-0.2, 0) is 4.79 Å². The average molecular weight is 299 g/mol. The van der Waals surface area contributed by atoms with Gasteiger partial charge in [0, 0.05) is 24.3 Å². The highest BCUT2D eigenvalue weighted by Gasteiger charge is 2.08. The van der Waals surface area contributed by atoms with Crippen LogP contribution in [0.15, 0.2) is 30.3 Å². The zero-order valence-corrected chi connectivity index (χ0v) is 11.8. The summed E-state index contributed by atoms with van der Waals surface area (Å²) in [6, 6.07) is 6.16. The summed E-state index contributed by atoms with van der Waals surface area (Å²) < 4.78 is 28.9. The first-order valence-electron chi connectivity index (χ1n) is 6.66. The van der Waals surface area contributed by atoms with Gasteiger partial charge in [-0.2, -0.15) is 8.78 Å². The predicted molar refractivity (Wildman–Crippen MR) is 76.0 cm³/mol. The number of carbonyl (C=O) groups is 1. The molecule has 0 aromatic heterocycles. The Morgan fingerprint density at radius 1 is 1.43 bits per heavy atom. The highest BCUT2D eigenvalue weighted by molar-refractivity contribution is 5.92. The lowest BCUT2D eigenvalue weighted by Gasteiger charge is -2.11. The normalized spacial score (nSPS) is 12.6. The van der Waals surface area contributed by atoms with E-state index in [1.165, 1.54) is 18.2 Å². The van der Waals surface area contributed by atoms with Gasteiger partial charge in [-0.3, -0.25) is 4.79 Å². The summed E-state index contributed by atoms with van der Waals surface area (Å²) >= 11 is 0. The first-order chi connectivity index (χ1) is 10.0. The maximum Gasteiger partial charge on any atom is 0.387 e. The van der Waals surface area contributed by atoms with E-state index >= 15 is 0 Å². The quantitative estimate of drug-likeness (QED) is 0.725. The van der Waals surface area contributed by atoms with Crippen LogP contribution in [0.5, 0.6) is 5.75 Å². The maximum atomic E-state index is 12.2. The van der Waals surface area contributed by atoms with Crippen molar-refractivity contribution in [2.24, 2.45) is 0 Å². The summed E-state index contributed by atoms with van der Waals surface area (Å²) in [6.45, 7) is -1.00. The van der Waals surface area contributed by atoms with Gasteiger partial charge < -0.3 is 15.2 Å². The van der Waals surface area contributed by atoms with E-state index in [2.05, 4.69) is 10.1 Å². The van der Waals surface area contributed by atoms with Gasteiger partial charge in [-0.25, -0.2) is 0 Å². The lowest BCUT2D eigenvalue weighted by Crippen LogP contribution is -2.31. The molecule has 2 N–H and O–H groups in total. The Balaban J connectivity index is 2.61. The number of aliphatic hydroxyl groups excluding tert-OH is 1. The van der Waals surface area contributed by atoms with Crippen molar-refractivity contribution < 1.29 is 23.4 Å². The number of aliphatic hydroxyl groups is 1. The number of nitrogens with one attached hydrogen (secondary N) is 1. The molecule has 0 aliphatic heterocycles. The van der Waals surface area contributed by atoms with Crippen LogP contribution < -0.4 is 10.1 Å². The van der Waals surface area contributed by atoms with E-state index in [0.717, 1.165) is 0 Å². The summed E-state index contributed by atoms with van der Waals surface area (Å²) in [7, 11) is 0. The van der Waals surface area contributed by atoms with Crippen molar-refractivity contribution in [2.45, 2.75) is 32.4 Å². The minimum atomic E-state index is -2.91. The largest absolute Gasteiger partial charge is 0.434 e. The molecule has 1 rings (SSSR count). The third kappa shape index (κ3) is 6.85. The number of alkyl halides is 2. The summed E-state index contributed by atoms with van der Waals surface area (Å²) in [6.07, 6.45) is 3.96. The number of rotatable bonds is 8. The molecular formula is C15H19F2NO3. The number of ether oxygens (including phenoxy) is 1. The van der Waals surface area contributed by atoms with Gasteiger partial charge in [0.2, 0.25) is 5.91 Å². The van der Waals surface area contributed by atoms with Crippen LogP contribution in [0.3, 0.4) is 0 Å². The molecule has 1 atom stereocenters. The first-order valence-corrected chi connectivity index (χ1v) is 6.66. The van der Waals surface area contributed by atoms with E-state index in [1.54, 1.807) is 18.2 Å². The van der Waals surface area contributed by atoms with Crippen LogP contribution >= 0.6 is 0 Å². The van der Waals surface area contributed by atoms with Crippen molar-refractivity contribution in [2.75, 3.05) is 6.61 Å². The van der Waals surface area contributed by atoms with Gasteiger partial charge >= 0.3 is 6.61 Å². The maximum absolute atomic E-state index is 12.2. The Bertz CT molecular complexity index is 478. The van der Waals surface area contributed by atoms with Gasteiger partial charge in [0.25, 0.3) is 0 Å². The average Bonchev–Trinajstić information content (AvgIpc) is 2.43. The number of amides is 1. The molecule has 0 aliphatic carbocycles. The smallest absolute Gasteiger partial charge is 0.387 e. The molecule has 0 saturated carbocycles. The Hall–Kier alpha value is -1.95. The SMILES string of the molecule is CC(CCCO)NC(=O)/C=C/c1ccccc1OC(F)F. The molecule has 0 radical (unpaired) electrons. The minimum Gasteiger partial charge on any atom is -0.434 e. The number of benzene rings is 1. The predicted octanol–water partition coefficient (Wildman–Crippen LogP) is 2.58. The van der Waals surface area contributed by atoms with Crippen LogP contribution in [0.2, 0.25) is 0 Å². The van der Waals surface area contributed by atoms with E-state index in [-0.39, 0.29) is 24.3 Å². The minimum absolute atomic E-state index is 0.0184.